The molecule has 3 aromatic rings. The molecule has 1 aromatic carbocycles. The predicted octanol–water partition coefficient (Wildman–Crippen LogP) is 4.45. The van der Waals surface area contributed by atoms with E-state index in [-0.39, 0.29) is 11.9 Å². The Bertz CT molecular complexity index is 1010. The highest BCUT2D eigenvalue weighted by Gasteiger charge is 2.22. The van der Waals surface area contributed by atoms with Crippen LogP contribution in [0.1, 0.15) is 17.4 Å². The molecule has 1 aliphatic heterocycles. The Labute approximate surface area is 181 Å². The Morgan fingerprint density at radius 1 is 1.16 bits per heavy atom. The Morgan fingerprint density at radius 3 is 2.84 bits per heavy atom. The molecule has 2 aromatic heterocycles. The van der Waals surface area contributed by atoms with Crippen LogP contribution in [0.5, 0.6) is 5.75 Å². The summed E-state index contributed by atoms with van der Waals surface area (Å²) in [6.45, 7) is 3.14. The van der Waals surface area contributed by atoms with Crippen LogP contribution in [0.3, 0.4) is 0 Å². The molecule has 31 heavy (non-hydrogen) atoms. The van der Waals surface area contributed by atoms with Crippen molar-refractivity contribution in [3.63, 3.8) is 0 Å². The molecule has 0 bridgehead atoms. The van der Waals surface area contributed by atoms with E-state index in [1.54, 1.807) is 19.4 Å². The molecule has 0 aliphatic carbocycles. The van der Waals surface area contributed by atoms with Crippen molar-refractivity contribution in [1.29, 1.82) is 0 Å². The SMILES string of the molecule is COc1ccccc1C=CCN1CCOC(c2ccc(Nc3ccc(F)cn3)cn2)C1. The number of anilines is 2. The second-order valence-corrected chi connectivity index (χ2v) is 7.22. The standard InChI is InChI=1S/C24H25FN4O2/c1-30-22-7-3-2-5-18(22)6-4-12-29-13-14-31-23(17-29)21-10-9-20(16-26-21)28-24-11-8-19(25)15-27-24/h2-11,15-16,23H,12-14,17H2,1H3,(H,27,28). The van der Waals surface area contributed by atoms with Gasteiger partial charge in [0, 0.05) is 25.2 Å². The number of aromatic nitrogens is 2. The first-order chi connectivity index (χ1) is 15.2. The molecule has 3 heterocycles. The van der Waals surface area contributed by atoms with Crippen LogP contribution in [0.2, 0.25) is 0 Å². The third-order valence-electron chi connectivity index (χ3n) is 5.07. The van der Waals surface area contributed by atoms with Gasteiger partial charge in [0.05, 0.1) is 37.5 Å². The average molecular weight is 420 g/mol. The van der Waals surface area contributed by atoms with Crippen molar-refractivity contribution in [3.8, 4) is 5.75 Å². The number of para-hydroxylation sites is 1. The molecule has 0 saturated carbocycles. The lowest BCUT2D eigenvalue weighted by molar-refractivity contribution is -0.0281. The zero-order chi connectivity index (χ0) is 21.5. The Balaban J connectivity index is 1.33. The molecule has 1 atom stereocenters. The van der Waals surface area contributed by atoms with Crippen molar-refractivity contribution in [2.75, 3.05) is 38.7 Å². The monoisotopic (exact) mass is 420 g/mol. The summed E-state index contributed by atoms with van der Waals surface area (Å²) in [6, 6.07) is 14.8. The van der Waals surface area contributed by atoms with Crippen LogP contribution < -0.4 is 10.1 Å². The lowest BCUT2D eigenvalue weighted by atomic mass is 10.1. The number of morpholine rings is 1. The zero-order valence-electron chi connectivity index (χ0n) is 17.4. The number of pyridine rings is 2. The summed E-state index contributed by atoms with van der Waals surface area (Å²) in [4.78, 5) is 10.9. The molecule has 7 heteroatoms. The summed E-state index contributed by atoms with van der Waals surface area (Å²) in [5.41, 5.74) is 2.74. The first-order valence-corrected chi connectivity index (χ1v) is 10.2. The molecule has 1 saturated heterocycles. The van der Waals surface area contributed by atoms with Crippen LogP contribution in [0.25, 0.3) is 6.08 Å². The van der Waals surface area contributed by atoms with Gasteiger partial charge in [0.15, 0.2) is 0 Å². The number of halogens is 1. The van der Waals surface area contributed by atoms with Crippen molar-refractivity contribution in [2.24, 2.45) is 0 Å². The van der Waals surface area contributed by atoms with E-state index in [0.717, 1.165) is 42.3 Å². The topological polar surface area (TPSA) is 59.5 Å². The van der Waals surface area contributed by atoms with Crippen LogP contribution >= 0.6 is 0 Å². The lowest BCUT2D eigenvalue weighted by Crippen LogP contribution is -2.38. The van der Waals surface area contributed by atoms with E-state index in [1.165, 1.54) is 12.3 Å². The predicted molar refractivity (Wildman–Crippen MR) is 119 cm³/mol. The van der Waals surface area contributed by atoms with E-state index in [9.17, 15) is 4.39 Å². The molecule has 1 unspecified atom stereocenters. The second kappa shape index (κ2) is 10.1. The molecule has 4 rings (SSSR count). The van der Waals surface area contributed by atoms with Crippen LogP contribution in [-0.2, 0) is 4.74 Å². The molecule has 160 valence electrons. The van der Waals surface area contributed by atoms with Crippen molar-refractivity contribution < 1.29 is 13.9 Å². The quantitative estimate of drug-likeness (QED) is 0.609. The second-order valence-electron chi connectivity index (χ2n) is 7.22. The van der Waals surface area contributed by atoms with Gasteiger partial charge in [-0.15, -0.1) is 0 Å². The Hall–Kier alpha value is -3.29. The highest BCUT2D eigenvalue weighted by Crippen LogP contribution is 2.23. The molecule has 1 aliphatic rings. The summed E-state index contributed by atoms with van der Waals surface area (Å²) < 4.78 is 24.3. The Kier molecular flexibility index (Phi) is 6.86. The fourth-order valence-electron chi connectivity index (χ4n) is 3.45. The van der Waals surface area contributed by atoms with Crippen molar-refractivity contribution in [3.05, 3.63) is 84.1 Å². The minimum Gasteiger partial charge on any atom is -0.496 e. The summed E-state index contributed by atoms with van der Waals surface area (Å²) in [5, 5.41) is 3.11. The van der Waals surface area contributed by atoms with E-state index in [1.807, 2.05) is 36.4 Å². The molecule has 1 N–H and O–H groups in total. The van der Waals surface area contributed by atoms with Gasteiger partial charge in [-0.1, -0.05) is 30.4 Å². The number of nitrogens with one attached hydrogen (secondary N) is 1. The molecule has 0 radical (unpaired) electrons. The van der Waals surface area contributed by atoms with Crippen LogP contribution in [-0.4, -0.2) is 48.2 Å². The number of benzene rings is 1. The van der Waals surface area contributed by atoms with Gasteiger partial charge in [-0.25, -0.2) is 9.37 Å². The number of rotatable bonds is 7. The maximum atomic E-state index is 13.0. The summed E-state index contributed by atoms with van der Waals surface area (Å²) in [7, 11) is 1.68. The molecular formula is C24H25FN4O2. The third kappa shape index (κ3) is 5.65. The van der Waals surface area contributed by atoms with E-state index in [4.69, 9.17) is 9.47 Å². The van der Waals surface area contributed by atoms with Gasteiger partial charge >= 0.3 is 0 Å². The summed E-state index contributed by atoms with van der Waals surface area (Å²) in [5.74, 6) is 1.07. The fraction of sp³-hybridized carbons (Fsp3) is 0.250. The number of hydrogen-bond donors (Lipinski definition) is 1. The van der Waals surface area contributed by atoms with Crippen molar-refractivity contribution in [2.45, 2.75) is 6.10 Å². The van der Waals surface area contributed by atoms with Gasteiger partial charge in [-0.05, 0) is 30.3 Å². The summed E-state index contributed by atoms with van der Waals surface area (Å²) in [6.07, 6.45) is 7.08. The summed E-state index contributed by atoms with van der Waals surface area (Å²) >= 11 is 0. The van der Waals surface area contributed by atoms with E-state index in [2.05, 4.69) is 32.3 Å². The zero-order valence-corrected chi connectivity index (χ0v) is 17.4. The number of ether oxygens (including phenoxy) is 2. The van der Waals surface area contributed by atoms with Crippen LogP contribution in [0, 0.1) is 5.82 Å². The smallest absolute Gasteiger partial charge is 0.141 e. The highest BCUT2D eigenvalue weighted by atomic mass is 19.1. The first-order valence-electron chi connectivity index (χ1n) is 10.2. The van der Waals surface area contributed by atoms with Gasteiger partial charge in [-0.3, -0.25) is 9.88 Å². The van der Waals surface area contributed by atoms with Crippen LogP contribution in [0.4, 0.5) is 15.9 Å². The molecule has 6 nitrogen and oxygen atoms in total. The van der Waals surface area contributed by atoms with Crippen molar-refractivity contribution >= 4 is 17.6 Å². The van der Waals surface area contributed by atoms with E-state index >= 15 is 0 Å². The first kappa shape index (κ1) is 21.0. The normalized spacial score (nSPS) is 17.0. The van der Waals surface area contributed by atoms with E-state index < -0.39 is 0 Å². The molecule has 0 spiro atoms. The number of methoxy groups -OCH3 is 1. The maximum absolute atomic E-state index is 13.0. The van der Waals surface area contributed by atoms with Gasteiger partial charge in [0.1, 0.15) is 23.5 Å². The minimum atomic E-state index is -0.365. The van der Waals surface area contributed by atoms with Gasteiger partial charge in [-0.2, -0.15) is 0 Å². The van der Waals surface area contributed by atoms with Gasteiger partial charge in [0.25, 0.3) is 0 Å². The number of nitrogens with zero attached hydrogens (tertiary/aromatic N) is 3. The highest BCUT2D eigenvalue weighted by molar-refractivity contribution is 5.57. The van der Waals surface area contributed by atoms with E-state index in [0.29, 0.717) is 12.4 Å². The Morgan fingerprint density at radius 2 is 2.06 bits per heavy atom. The fourth-order valence-corrected chi connectivity index (χ4v) is 3.45. The molecule has 0 amide bonds. The average Bonchev–Trinajstić information content (AvgIpc) is 2.82. The minimum absolute atomic E-state index is 0.0774. The van der Waals surface area contributed by atoms with Crippen LogP contribution in [0.15, 0.2) is 67.0 Å². The molecular weight excluding hydrogens is 395 g/mol. The number of hydrogen-bond acceptors (Lipinski definition) is 6. The van der Waals surface area contributed by atoms with Crippen molar-refractivity contribution in [1.82, 2.24) is 14.9 Å². The largest absolute Gasteiger partial charge is 0.496 e. The maximum Gasteiger partial charge on any atom is 0.141 e. The lowest BCUT2D eigenvalue weighted by Gasteiger charge is -2.31. The molecule has 1 fully saturated rings. The third-order valence-corrected chi connectivity index (χ3v) is 5.07. The van der Waals surface area contributed by atoms with Gasteiger partial charge in [0.2, 0.25) is 0 Å². The van der Waals surface area contributed by atoms with Gasteiger partial charge < -0.3 is 14.8 Å².